The van der Waals surface area contributed by atoms with Crippen LogP contribution in [0.2, 0.25) is 5.02 Å². The van der Waals surface area contributed by atoms with E-state index in [1.165, 1.54) is 22.1 Å². The molecule has 0 aliphatic heterocycles. The molecule has 2 heterocycles. The van der Waals surface area contributed by atoms with Gasteiger partial charge in [-0.3, -0.25) is 14.2 Å². The zero-order valence-corrected chi connectivity index (χ0v) is 15.5. The van der Waals surface area contributed by atoms with E-state index in [2.05, 4.69) is 15.3 Å². The standard InChI is InChI=1S/C19H13ClN4O2S/c20-13-6-2-1-5-12(13)15-11-27-19(22-15)23-17(25)10-24-16-8-4-3-7-14(16)21-9-18(24)26/h1-9,11H,10H2,(H,22,23,25). The first-order valence-electron chi connectivity index (χ1n) is 8.07. The third kappa shape index (κ3) is 3.60. The number of rotatable bonds is 4. The number of fused-ring (bicyclic) bond motifs is 1. The van der Waals surface area contributed by atoms with Gasteiger partial charge in [0.1, 0.15) is 6.54 Å². The highest BCUT2D eigenvalue weighted by Crippen LogP contribution is 2.30. The van der Waals surface area contributed by atoms with Crippen molar-refractivity contribution in [1.29, 1.82) is 0 Å². The summed E-state index contributed by atoms with van der Waals surface area (Å²) in [6, 6.07) is 14.6. The zero-order valence-electron chi connectivity index (χ0n) is 13.9. The summed E-state index contributed by atoms with van der Waals surface area (Å²) in [5, 5.41) is 5.60. The fourth-order valence-corrected chi connectivity index (χ4v) is 3.66. The lowest BCUT2D eigenvalue weighted by atomic mass is 10.2. The first-order chi connectivity index (χ1) is 13.1. The number of benzene rings is 2. The Morgan fingerprint density at radius 3 is 2.78 bits per heavy atom. The van der Waals surface area contributed by atoms with Crippen molar-refractivity contribution in [3.63, 3.8) is 0 Å². The average molecular weight is 397 g/mol. The monoisotopic (exact) mass is 396 g/mol. The summed E-state index contributed by atoms with van der Waals surface area (Å²) in [4.78, 5) is 33.1. The second-order valence-corrected chi connectivity index (χ2v) is 7.00. The minimum atomic E-state index is -0.339. The third-order valence-corrected chi connectivity index (χ3v) is 5.04. The molecule has 1 N–H and O–H groups in total. The van der Waals surface area contributed by atoms with Crippen molar-refractivity contribution in [1.82, 2.24) is 14.5 Å². The molecule has 0 saturated carbocycles. The van der Waals surface area contributed by atoms with Crippen molar-refractivity contribution in [3.05, 3.63) is 75.5 Å². The van der Waals surface area contributed by atoms with Crippen LogP contribution in [-0.2, 0) is 11.3 Å². The lowest BCUT2D eigenvalue weighted by Crippen LogP contribution is -2.27. The number of halogens is 1. The Hall–Kier alpha value is -3.03. The highest BCUT2D eigenvalue weighted by Gasteiger charge is 2.12. The number of carbonyl (C=O) groups excluding carboxylic acids is 1. The number of thiazole rings is 1. The van der Waals surface area contributed by atoms with Gasteiger partial charge in [0.2, 0.25) is 5.91 Å². The molecule has 0 aliphatic rings. The van der Waals surface area contributed by atoms with Crippen molar-refractivity contribution < 1.29 is 4.79 Å². The molecule has 4 aromatic rings. The van der Waals surface area contributed by atoms with Crippen LogP contribution in [0.1, 0.15) is 0 Å². The first-order valence-corrected chi connectivity index (χ1v) is 9.32. The van der Waals surface area contributed by atoms with E-state index < -0.39 is 0 Å². The van der Waals surface area contributed by atoms with Gasteiger partial charge in [0.25, 0.3) is 5.56 Å². The van der Waals surface area contributed by atoms with Crippen LogP contribution in [0.4, 0.5) is 5.13 Å². The Morgan fingerprint density at radius 1 is 1.15 bits per heavy atom. The normalized spacial score (nSPS) is 10.9. The van der Waals surface area contributed by atoms with Crippen LogP contribution in [0.3, 0.4) is 0 Å². The second-order valence-electron chi connectivity index (χ2n) is 5.74. The maximum Gasteiger partial charge on any atom is 0.269 e. The van der Waals surface area contributed by atoms with Crippen molar-refractivity contribution in [2.45, 2.75) is 6.54 Å². The fraction of sp³-hybridized carbons (Fsp3) is 0.0526. The van der Waals surface area contributed by atoms with E-state index in [9.17, 15) is 9.59 Å². The van der Waals surface area contributed by atoms with E-state index in [-0.39, 0.29) is 18.0 Å². The number of nitrogens with zero attached hydrogens (tertiary/aromatic N) is 3. The van der Waals surface area contributed by atoms with Gasteiger partial charge in [0.15, 0.2) is 5.13 Å². The van der Waals surface area contributed by atoms with E-state index in [1.807, 2.05) is 29.6 Å². The molecule has 2 aromatic carbocycles. The van der Waals surface area contributed by atoms with Crippen molar-refractivity contribution >= 4 is 45.0 Å². The Labute approximate surface area is 163 Å². The molecule has 0 atom stereocenters. The molecular formula is C19H13ClN4O2S. The molecule has 0 bridgehead atoms. The maximum absolute atomic E-state index is 12.4. The maximum atomic E-state index is 12.4. The number of anilines is 1. The number of nitrogens with one attached hydrogen (secondary N) is 1. The van der Waals surface area contributed by atoms with Gasteiger partial charge in [-0.25, -0.2) is 9.97 Å². The quantitative estimate of drug-likeness (QED) is 0.569. The minimum Gasteiger partial charge on any atom is -0.300 e. The van der Waals surface area contributed by atoms with Crippen molar-refractivity contribution in [2.24, 2.45) is 0 Å². The molecule has 0 spiro atoms. The topological polar surface area (TPSA) is 76.9 Å². The molecule has 134 valence electrons. The van der Waals surface area contributed by atoms with Crippen LogP contribution in [0.15, 0.2) is 64.9 Å². The van der Waals surface area contributed by atoms with Crippen molar-refractivity contribution in [2.75, 3.05) is 5.32 Å². The summed E-state index contributed by atoms with van der Waals surface area (Å²) >= 11 is 7.49. The highest BCUT2D eigenvalue weighted by atomic mass is 35.5. The average Bonchev–Trinajstić information content (AvgIpc) is 3.12. The molecule has 8 heteroatoms. The smallest absolute Gasteiger partial charge is 0.269 e. The van der Waals surface area contributed by atoms with Crippen LogP contribution >= 0.6 is 22.9 Å². The summed E-state index contributed by atoms with van der Waals surface area (Å²) < 4.78 is 1.39. The van der Waals surface area contributed by atoms with Crippen LogP contribution in [0.25, 0.3) is 22.3 Å². The van der Waals surface area contributed by atoms with Gasteiger partial charge >= 0.3 is 0 Å². The summed E-state index contributed by atoms with van der Waals surface area (Å²) in [7, 11) is 0. The minimum absolute atomic E-state index is 0.122. The van der Waals surface area contributed by atoms with E-state index in [1.54, 1.807) is 24.3 Å². The molecule has 0 radical (unpaired) electrons. The number of carbonyl (C=O) groups is 1. The Bertz CT molecular complexity index is 1200. The van der Waals surface area contributed by atoms with Gasteiger partial charge in [0.05, 0.1) is 22.9 Å². The summed E-state index contributed by atoms with van der Waals surface area (Å²) in [6.45, 7) is -0.122. The molecule has 0 unspecified atom stereocenters. The van der Waals surface area contributed by atoms with Gasteiger partial charge in [-0.15, -0.1) is 11.3 Å². The lowest BCUT2D eigenvalue weighted by molar-refractivity contribution is -0.116. The molecule has 2 aromatic heterocycles. The van der Waals surface area contributed by atoms with Gasteiger partial charge < -0.3 is 5.32 Å². The zero-order chi connectivity index (χ0) is 18.8. The Balaban J connectivity index is 1.55. The lowest BCUT2D eigenvalue weighted by Gasteiger charge is -2.08. The van der Waals surface area contributed by atoms with E-state index in [4.69, 9.17) is 11.6 Å². The molecule has 0 saturated heterocycles. The number of para-hydroxylation sites is 2. The summed E-state index contributed by atoms with van der Waals surface area (Å²) in [5.74, 6) is -0.339. The van der Waals surface area contributed by atoms with Crippen LogP contribution < -0.4 is 10.9 Å². The molecule has 6 nitrogen and oxygen atoms in total. The Morgan fingerprint density at radius 2 is 1.93 bits per heavy atom. The van der Waals surface area contributed by atoms with Crippen LogP contribution in [0.5, 0.6) is 0 Å². The van der Waals surface area contributed by atoms with Gasteiger partial charge in [-0.2, -0.15) is 0 Å². The van der Waals surface area contributed by atoms with Crippen LogP contribution in [0, 0.1) is 0 Å². The van der Waals surface area contributed by atoms with Crippen molar-refractivity contribution in [3.8, 4) is 11.3 Å². The number of hydrogen-bond acceptors (Lipinski definition) is 5. The first kappa shape index (κ1) is 17.4. The number of hydrogen-bond donors (Lipinski definition) is 1. The van der Waals surface area contributed by atoms with Gasteiger partial charge in [-0.1, -0.05) is 41.9 Å². The predicted molar refractivity (Wildman–Crippen MR) is 107 cm³/mol. The summed E-state index contributed by atoms with van der Waals surface area (Å²) in [6.07, 6.45) is 1.22. The molecule has 4 rings (SSSR count). The van der Waals surface area contributed by atoms with E-state index >= 15 is 0 Å². The Kier molecular flexibility index (Phi) is 4.70. The SMILES string of the molecule is O=C(Cn1c(=O)cnc2ccccc21)Nc1nc(-c2ccccc2Cl)cs1. The van der Waals surface area contributed by atoms with Gasteiger partial charge in [0, 0.05) is 16.0 Å². The molecule has 1 amide bonds. The summed E-state index contributed by atoms with van der Waals surface area (Å²) in [5.41, 5.74) is 2.41. The third-order valence-electron chi connectivity index (χ3n) is 3.95. The highest BCUT2D eigenvalue weighted by molar-refractivity contribution is 7.14. The predicted octanol–water partition coefficient (Wildman–Crippen LogP) is 3.81. The number of aromatic nitrogens is 3. The molecule has 0 fully saturated rings. The van der Waals surface area contributed by atoms with Gasteiger partial charge in [-0.05, 0) is 18.2 Å². The second kappa shape index (κ2) is 7.30. The fourth-order valence-electron chi connectivity index (χ4n) is 2.70. The van der Waals surface area contributed by atoms with Crippen LogP contribution in [-0.4, -0.2) is 20.4 Å². The molecule has 27 heavy (non-hydrogen) atoms. The molecule has 0 aliphatic carbocycles. The number of amides is 1. The largest absolute Gasteiger partial charge is 0.300 e. The van der Waals surface area contributed by atoms with E-state index in [0.29, 0.717) is 26.9 Å². The van der Waals surface area contributed by atoms with E-state index in [0.717, 1.165) is 5.56 Å². The molecular weight excluding hydrogens is 384 g/mol.